The van der Waals surface area contributed by atoms with Gasteiger partial charge in [-0.2, -0.15) is 5.10 Å². The number of nitrogens with zero attached hydrogens (tertiary/aromatic N) is 3. The highest BCUT2D eigenvalue weighted by molar-refractivity contribution is 5.80. The summed E-state index contributed by atoms with van der Waals surface area (Å²) in [4.78, 5) is 4.29. The topological polar surface area (TPSA) is 39.9 Å². The van der Waals surface area contributed by atoms with Gasteiger partial charge in [0.1, 0.15) is 5.52 Å². The van der Waals surface area contributed by atoms with Gasteiger partial charge in [0, 0.05) is 18.9 Å². The maximum Gasteiger partial charge on any atom is 0.194 e. The summed E-state index contributed by atoms with van der Waals surface area (Å²) < 4.78 is 47.5. The van der Waals surface area contributed by atoms with E-state index in [2.05, 4.69) is 10.1 Å². The first-order valence-corrected chi connectivity index (χ1v) is 8.06. The van der Waals surface area contributed by atoms with E-state index < -0.39 is 17.5 Å². The third-order valence-electron chi connectivity index (χ3n) is 4.62. The lowest BCUT2D eigenvalue weighted by atomic mass is 10.1. The lowest BCUT2D eigenvalue weighted by Crippen LogP contribution is -2.21. The Morgan fingerprint density at radius 3 is 2.48 bits per heavy atom. The van der Waals surface area contributed by atoms with Crippen LogP contribution in [0.5, 0.6) is 0 Å². The molecule has 0 bridgehead atoms. The molecule has 0 spiro atoms. The van der Waals surface area contributed by atoms with Crippen LogP contribution in [-0.2, 0) is 11.3 Å². The third-order valence-corrected chi connectivity index (χ3v) is 4.62. The fourth-order valence-electron chi connectivity index (χ4n) is 3.04. The molecule has 0 saturated heterocycles. The molecule has 0 unspecified atom stereocenters. The van der Waals surface area contributed by atoms with E-state index in [-0.39, 0.29) is 11.7 Å². The third kappa shape index (κ3) is 3.00. The summed E-state index contributed by atoms with van der Waals surface area (Å²) in [6.07, 6.45) is 5.51. The highest BCUT2D eigenvalue weighted by Crippen LogP contribution is 2.35. The zero-order valence-corrected chi connectivity index (χ0v) is 13.5. The molecule has 4 nitrogen and oxygen atoms in total. The van der Waals surface area contributed by atoms with E-state index in [0.717, 1.165) is 30.5 Å². The van der Waals surface area contributed by atoms with Crippen LogP contribution in [0.2, 0.25) is 0 Å². The van der Waals surface area contributed by atoms with E-state index in [0.29, 0.717) is 23.5 Å². The van der Waals surface area contributed by atoms with E-state index in [9.17, 15) is 13.2 Å². The predicted octanol–water partition coefficient (Wildman–Crippen LogP) is 3.94. The van der Waals surface area contributed by atoms with Crippen molar-refractivity contribution in [1.82, 2.24) is 14.8 Å². The molecule has 0 amide bonds. The summed E-state index contributed by atoms with van der Waals surface area (Å²) in [5.41, 5.74) is 2.14. The average Bonchev–Trinajstić information content (AvgIpc) is 3.38. The summed E-state index contributed by atoms with van der Waals surface area (Å²) in [5.74, 6) is -3.38. The zero-order valence-electron chi connectivity index (χ0n) is 13.5. The van der Waals surface area contributed by atoms with Crippen molar-refractivity contribution in [2.24, 2.45) is 5.92 Å². The normalized spacial score (nSPS) is 15.7. The highest BCUT2D eigenvalue weighted by atomic mass is 19.2. The maximum atomic E-state index is 13.5. The van der Waals surface area contributed by atoms with Crippen LogP contribution in [0.1, 0.15) is 12.8 Å². The molecule has 1 aliphatic carbocycles. The van der Waals surface area contributed by atoms with Crippen LogP contribution in [0.4, 0.5) is 13.2 Å². The van der Waals surface area contributed by atoms with Crippen LogP contribution in [0.15, 0.2) is 30.6 Å². The lowest BCUT2D eigenvalue weighted by molar-refractivity contribution is 0.0680. The number of fused-ring (bicyclic) bond motifs is 1. The molecule has 3 aromatic rings. The Morgan fingerprint density at radius 1 is 1.12 bits per heavy atom. The quantitative estimate of drug-likeness (QED) is 0.657. The number of methoxy groups -OCH3 is 1. The molecule has 1 atom stereocenters. The van der Waals surface area contributed by atoms with E-state index in [4.69, 9.17) is 4.74 Å². The Bertz CT molecular complexity index is 913. The second-order valence-electron chi connectivity index (χ2n) is 6.32. The molecule has 1 aliphatic rings. The molecule has 4 rings (SSSR count). The number of pyridine rings is 1. The Hall–Kier alpha value is -2.41. The highest BCUT2D eigenvalue weighted by Gasteiger charge is 2.32. The first kappa shape index (κ1) is 16.1. The molecule has 0 aliphatic heterocycles. The van der Waals surface area contributed by atoms with Gasteiger partial charge in [-0.1, -0.05) is 0 Å². The smallest absolute Gasteiger partial charge is 0.194 e. The Kier molecular flexibility index (Phi) is 3.95. The summed E-state index contributed by atoms with van der Waals surface area (Å²) in [5, 5.41) is 4.34. The number of hydrogen-bond acceptors (Lipinski definition) is 3. The summed E-state index contributed by atoms with van der Waals surface area (Å²) in [6.45, 7) is 0.585. The van der Waals surface area contributed by atoms with Gasteiger partial charge >= 0.3 is 0 Å². The second kappa shape index (κ2) is 6.15. The molecule has 0 radical (unpaired) electrons. The number of halogens is 3. The standard InChI is InChI=1S/C18H16F3N3O/c1-25-17(10-2-3-10)9-24-16-6-12(7-22-15(16)8-23-24)11-4-13(19)18(21)14(20)5-11/h4-8,10,17H,2-3,9H2,1H3/t17-/m0/s1. The first-order chi connectivity index (χ1) is 12.1. The molecule has 2 heterocycles. The molecule has 2 aromatic heterocycles. The van der Waals surface area contributed by atoms with Gasteiger partial charge < -0.3 is 4.74 Å². The van der Waals surface area contributed by atoms with Gasteiger partial charge in [-0.25, -0.2) is 13.2 Å². The molecule has 1 aromatic carbocycles. The monoisotopic (exact) mass is 347 g/mol. The van der Waals surface area contributed by atoms with Crippen molar-refractivity contribution >= 4 is 11.0 Å². The van der Waals surface area contributed by atoms with Crippen LogP contribution in [0, 0.1) is 23.4 Å². The van der Waals surface area contributed by atoms with Crippen molar-refractivity contribution in [3.05, 3.63) is 48.0 Å². The first-order valence-electron chi connectivity index (χ1n) is 8.06. The minimum absolute atomic E-state index is 0.0764. The molecule has 130 valence electrons. The molecular formula is C18H16F3N3O. The number of ether oxygens (including phenoxy) is 1. The van der Waals surface area contributed by atoms with Gasteiger partial charge in [0.15, 0.2) is 17.5 Å². The second-order valence-corrected chi connectivity index (χ2v) is 6.32. The molecule has 1 saturated carbocycles. The van der Waals surface area contributed by atoms with Gasteiger partial charge in [-0.05, 0) is 42.5 Å². The predicted molar refractivity (Wildman–Crippen MR) is 86.4 cm³/mol. The van der Waals surface area contributed by atoms with Crippen LogP contribution in [0.3, 0.4) is 0 Å². The Balaban J connectivity index is 1.73. The van der Waals surface area contributed by atoms with Crippen LogP contribution in [-0.4, -0.2) is 28.0 Å². The number of benzene rings is 1. The van der Waals surface area contributed by atoms with Crippen LogP contribution < -0.4 is 0 Å². The SMILES string of the molecule is CO[C@@H](Cn1ncc2ncc(-c3cc(F)c(F)c(F)c3)cc21)C1CC1. The molecule has 1 fully saturated rings. The van der Waals surface area contributed by atoms with Gasteiger partial charge in [0.2, 0.25) is 0 Å². The number of hydrogen-bond donors (Lipinski definition) is 0. The fourth-order valence-corrected chi connectivity index (χ4v) is 3.04. The molecular weight excluding hydrogens is 331 g/mol. The van der Waals surface area contributed by atoms with Crippen molar-refractivity contribution in [3.8, 4) is 11.1 Å². The Morgan fingerprint density at radius 2 is 1.84 bits per heavy atom. The van der Waals surface area contributed by atoms with Crippen molar-refractivity contribution in [3.63, 3.8) is 0 Å². The van der Waals surface area contributed by atoms with Crippen molar-refractivity contribution < 1.29 is 17.9 Å². The largest absolute Gasteiger partial charge is 0.379 e. The van der Waals surface area contributed by atoms with Crippen LogP contribution in [0.25, 0.3) is 22.2 Å². The minimum atomic E-state index is -1.48. The minimum Gasteiger partial charge on any atom is -0.379 e. The number of aromatic nitrogens is 3. The molecule has 25 heavy (non-hydrogen) atoms. The average molecular weight is 347 g/mol. The van der Waals surface area contributed by atoms with Crippen LogP contribution >= 0.6 is 0 Å². The molecule has 7 heteroatoms. The van der Waals surface area contributed by atoms with E-state index in [1.165, 1.54) is 6.20 Å². The summed E-state index contributed by atoms with van der Waals surface area (Å²) in [7, 11) is 1.68. The summed E-state index contributed by atoms with van der Waals surface area (Å²) in [6, 6.07) is 3.68. The Labute approximate surface area is 142 Å². The van der Waals surface area contributed by atoms with Gasteiger partial charge in [0.25, 0.3) is 0 Å². The summed E-state index contributed by atoms with van der Waals surface area (Å²) >= 11 is 0. The lowest BCUT2D eigenvalue weighted by Gasteiger charge is -2.15. The zero-order chi connectivity index (χ0) is 17.6. The van der Waals surface area contributed by atoms with E-state index in [1.807, 2.05) is 0 Å². The van der Waals surface area contributed by atoms with Crippen molar-refractivity contribution in [2.75, 3.05) is 7.11 Å². The van der Waals surface area contributed by atoms with E-state index >= 15 is 0 Å². The van der Waals surface area contributed by atoms with Gasteiger partial charge in [-0.3, -0.25) is 9.67 Å². The van der Waals surface area contributed by atoms with Crippen molar-refractivity contribution in [1.29, 1.82) is 0 Å². The molecule has 0 N–H and O–H groups in total. The van der Waals surface area contributed by atoms with Gasteiger partial charge in [-0.15, -0.1) is 0 Å². The van der Waals surface area contributed by atoms with Crippen molar-refractivity contribution in [2.45, 2.75) is 25.5 Å². The fraction of sp³-hybridized carbons (Fsp3) is 0.333. The maximum absolute atomic E-state index is 13.5. The number of rotatable bonds is 5. The van der Waals surface area contributed by atoms with Gasteiger partial charge in [0.05, 0.1) is 24.4 Å². The van der Waals surface area contributed by atoms with E-state index in [1.54, 1.807) is 24.1 Å².